The van der Waals surface area contributed by atoms with E-state index in [0.717, 1.165) is 53.9 Å². The predicted molar refractivity (Wildman–Crippen MR) is 143 cm³/mol. The zero-order valence-corrected chi connectivity index (χ0v) is 22.4. The van der Waals surface area contributed by atoms with Gasteiger partial charge in [-0.3, -0.25) is 4.79 Å². The van der Waals surface area contributed by atoms with Gasteiger partial charge in [-0.25, -0.2) is 13.1 Å². The van der Waals surface area contributed by atoms with Crippen LogP contribution in [-0.2, 0) is 33.8 Å². The number of amides is 1. The highest BCUT2D eigenvalue weighted by atomic mass is 35.5. The van der Waals surface area contributed by atoms with Crippen LogP contribution < -0.4 is 10.0 Å². The fourth-order valence-corrected chi connectivity index (χ4v) is 8.17. The van der Waals surface area contributed by atoms with Crippen molar-refractivity contribution in [2.24, 2.45) is 11.8 Å². The third kappa shape index (κ3) is 5.98. The van der Waals surface area contributed by atoms with Crippen LogP contribution in [0.4, 0.5) is 18.9 Å². The molecule has 0 saturated heterocycles. The third-order valence-electron chi connectivity index (χ3n) is 7.13. The molecule has 3 atom stereocenters. The summed E-state index contributed by atoms with van der Waals surface area (Å²) in [5, 5.41) is 2.81. The largest absolute Gasteiger partial charge is 0.416 e. The van der Waals surface area contributed by atoms with Crippen LogP contribution in [0.1, 0.15) is 35.1 Å². The Bertz CT molecular complexity index is 1480. The van der Waals surface area contributed by atoms with Gasteiger partial charge in [0.05, 0.1) is 9.90 Å². The van der Waals surface area contributed by atoms with E-state index in [4.69, 9.17) is 11.6 Å². The van der Waals surface area contributed by atoms with E-state index >= 15 is 0 Å². The summed E-state index contributed by atoms with van der Waals surface area (Å²) in [5.41, 5.74) is 2.55. The molecule has 3 unspecified atom stereocenters. The second kappa shape index (κ2) is 10.5. The number of nitrogens with one attached hydrogen (secondary N) is 2. The summed E-state index contributed by atoms with van der Waals surface area (Å²) in [7, 11) is -3.67. The molecule has 3 aromatic rings. The smallest absolute Gasteiger partial charge is 0.323 e. The van der Waals surface area contributed by atoms with Crippen molar-refractivity contribution in [3.8, 4) is 0 Å². The molecule has 1 saturated carbocycles. The number of halogens is 4. The number of hydrogen-bond acceptors (Lipinski definition) is 4. The van der Waals surface area contributed by atoms with Crippen LogP contribution >= 0.6 is 22.9 Å². The molecule has 1 heterocycles. The molecule has 2 N–H and O–H groups in total. The van der Waals surface area contributed by atoms with E-state index < -0.39 is 27.7 Å². The second-order valence-electron chi connectivity index (χ2n) is 9.64. The Labute approximate surface area is 227 Å². The van der Waals surface area contributed by atoms with E-state index in [0.29, 0.717) is 22.0 Å². The molecule has 0 spiro atoms. The number of carbonyl (C=O) groups excluding carboxylic acids is 1. The Kier molecular flexibility index (Phi) is 7.43. The van der Waals surface area contributed by atoms with E-state index in [2.05, 4.69) is 10.0 Å². The molecule has 5 rings (SSSR count). The van der Waals surface area contributed by atoms with E-state index in [1.54, 1.807) is 6.07 Å². The Balaban J connectivity index is 1.25. The van der Waals surface area contributed by atoms with Gasteiger partial charge in [0.15, 0.2) is 0 Å². The van der Waals surface area contributed by atoms with Crippen molar-refractivity contribution in [2.45, 2.75) is 42.1 Å². The molecule has 0 aliphatic heterocycles. The van der Waals surface area contributed by atoms with Gasteiger partial charge in [-0.1, -0.05) is 29.8 Å². The number of carbonyl (C=O) groups is 1. The fraction of sp³-hybridized carbons (Fsp3) is 0.296. The average Bonchev–Trinajstić information content (AvgIpc) is 3.41. The molecule has 0 radical (unpaired) electrons. The zero-order chi connectivity index (χ0) is 27.1. The number of hydrogen-bond donors (Lipinski definition) is 2. The topological polar surface area (TPSA) is 75.3 Å². The third-order valence-corrected chi connectivity index (χ3v) is 10.3. The van der Waals surface area contributed by atoms with E-state index in [1.165, 1.54) is 30.4 Å². The lowest BCUT2D eigenvalue weighted by molar-refractivity contribution is -0.137. The van der Waals surface area contributed by atoms with Crippen molar-refractivity contribution in [2.75, 3.05) is 5.32 Å². The van der Waals surface area contributed by atoms with Crippen molar-refractivity contribution in [1.82, 2.24) is 4.72 Å². The first-order valence-corrected chi connectivity index (χ1v) is 14.7. The molecule has 38 heavy (non-hydrogen) atoms. The fourth-order valence-electron chi connectivity index (χ4n) is 5.30. The van der Waals surface area contributed by atoms with Gasteiger partial charge in [-0.15, -0.1) is 11.3 Å². The van der Waals surface area contributed by atoms with Crippen molar-refractivity contribution in [3.05, 3.63) is 87.3 Å². The van der Waals surface area contributed by atoms with Gasteiger partial charge in [-0.2, -0.15) is 13.2 Å². The average molecular weight is 581 g/mol. The highest BCUT2D eigenvalue weighted by molar-refractivity contribution is 7.91. The molecule has 2 aliphatic rings. The minimum Gasteiger partial charge on any atom is -0.323 e. The number of sulfonamides is 1. The van der Waals surface area contributed by atoms with Crippen molar-refractivity contribution < 1.29 is 26.4 Å². The Hall–Kier alpha value is -2.66. The molecule has 1 aromatic heterocycles. The molecule has 2 bridgehead atoms. The molecule has 2 aliphatic carbocycles. The van der Waals surface area contributed by atoms with E-state index in [-0.39, 0.29) is 22.1 Å². The van der Waals surface area contributed by atoms with Crippen LogP contribution in [0.2, 0.25) is 4.34 Å². The molecule has 1 fully saturated rings. The second-order valence-corrected chi connectivity index (χ2v) is 13.3. The van der Waals surface area contributed by atoms with Gasteiger partial charge in [0.1, 0.15) is 4.21 Å². The Morgan fingerprint density at radius 3 is 2.29 bits per heavy atom. The van der Waals surface area contributed by atoms with Gasteiger partial charge in [0, 0.05) is 17.8 Å². The maximum absolute atomic E-state index is 13.0. The summed E-state index contributed by atoms with van der Waals surface area (Å²) < 4.78 is 67.6. The zero-order valence-electron chi connectivity index (χ0n) is 20.0. The molecule has 2 aromatic carbocycles. The molecule has 1 amide bonds. The summed E-state index contributed by atoms with van der Waals surface area (Å²) in [4.78, 5) is 12.5. The first kappa shape index (κ1) is 26.9. The monoisotopic (exact) mass is 580 g/mol. The summed E-state index contributed by atoms with van der Waals surface area (Å²) in [6.45, 7) is 0. The number of anilines is 1. The van der Waals surface area contributed by atoms with Crippen LogP contribution in [0.3, 0.4) is 0 Å². The lowest BCUT2D eigenvalue weighted by Crippen LogP contribution is -2.41. The summed E-state index contributed by atoms with van der Waals surface area (Å²) in [6, 6.07) is 13.2. The van der Waals surface area contributed by atoms with Gasteiger partial charge in [0.25, 0.3) is 0 Å². The highest BCUT2D eigenvalue weighted by Gasteiger charge is 2.41. The lowest BCUT2D eigenvalue weighted by atomic mass is 9.93. The quantitative estimate of drug-likeness (QED) is 0.325. The Morgan fingerprint density at radius 1 is 0.974 bits per heavy atom. The number of fused-ring (bicyclic) bond motifs is 3. The van der Waals surface area contributed by atoms with Crippen molar-refractivity contribution >= 4 is 50.6 Å². The molecular weight excluding hydrogens is 557 g/mol. The minimum absolute atomic E-state index is 0.136. The van der Waals surface area contributed by atoms with Crippen LogP contribution in [0.5, 0.6) is 0 Å². The molecular formula is C27H24ClF3N2O3S2. The number of alkyl halides is 3. The summed E-state index contributed by atoms with van der Waals surface area (Å²) >= 11 is 6.98. The van der Waals surface area contributed by atoms with Gasteiger partial charge in [-0.05, 0) is 96.7 Å². The first-order chi connectivity index (χ1) is 18.0. The first-order valence-electron chi connectivity index (χ1n) is 12.0. The summed E-state index contributed by atoms with van der Waals surface area (Å²) in [5.74, 6) is -0.0872. The lowest BCUT2D eigenvalue weighted by Gasteiger charge is -2.23. The summed E-state index contributed by atoms with van der Waals surface area (Å²) in [6.07, 6.45) is 1.60. The molecule has 5 nitrogen and oxygen atoms in total. The highest BCUT2D eigenvalue weighted by Crippen LogP contribution is 2.41. The van der Waals surface area contributed by atoms with Crippen LogP contribution in [0, 0.1) is 11.8 Å². The van der Waals surface area contributed by atoms with E-state index in [1.807, 2.05) is 18.2 Å². The maximum Gasteiger partial charge on any atom is 0.416 e. The molecule has 11 heteroatoms. The Morgan fingerprint density at radius 2 is 1.66 bits per heavy atom. The SMILES string of the molecule is O=C(/C=C/c1ccc(C(F)(F)F)cc1)Nc1ccc2c(c1)CC1CCC(C2)C1NS(=O)(=O)c1ccc(Cl)s1. The van der Waals surface area contributed by atoms with Crippen molar-refractivity contribution in [3.63, 3.8) is 0 Å². The molecule has 200 valence electrons. The van der Waals surface area contributed by atoms with Crippen LogP contribution in [-0.4, -0.2) is 20.4 Å². The predicted octanol–water partition coefficient (Wildman–Crippen LogP) is 6.54. The van der Waals surface area contributed by atoms with Crippen LogP contribution in [0.25, 0.3) is 6.08 Å². The van der Waals surface area contributed by atoms with Crippen molar-refractivity contribution in [1.29, 1.82) is 0 Å². The van der Waals surface area contributed by atoms with Gasteiger partial charge in [0.2, 0.25) is 15.9 Å². The normalized spacial score (nSPS) is 21.3. The standard InChI is InChI=1S/C27H24ClF3N2O3S2/c28-23-10-12-25(37-23)38(35,36)33-26-18-4-5-19(26)14-20-15-22(9-6-17(20)13-18)32-24(34)11-3-16-1-7-21(8-2-16)27(29,30)31/h1-3,6-12,15,18-19,26,33H,4-5,13-14H2,(H,32,34)/b11-3+. The van der Waals surface area contributed by atoms with Gasteiger partial charge < -0.3 is 5.32 Å². The minimum atomic E-state index is -4.41. The number of thiophene rings is 1. The van der Waals surface area contributed by atoms with Gasteiger partial charge >= 0.3 is 6.18 Å². The van der Waals surface area contributed by atoms with Crippen LogP contribution in [0.15, 0.2) is 64.9 Å². The number of rotatable bonds is 6. The maximum atomic E-state index is 13.0. The number of benzene rings is 2. The van der Waals surface area contributed by atoms with E-state index in [9.17, 15) is 26.4 Å².